The highest BCUT2D eigenvalue weighted by Gasteiger charge is 2.29. The van der Waals surface area contributed by atoms with Crippen LogP contribution in [0.4, 0.5) is 5.69 Å². The second-order valence-corrected chi connectivity index (χ2v) is 6.22. The van der Waals surface area contributed by atoms with Crippen molar-refractivity contribution in [2.45, 2.75) is 12.5 Å². The Labute approximate surface area is 156 Å². The number of carboxylic acids is 1. The summed E-state index contributed by atoms with van der Waals surface area (Å²) in [7, 11) is 0. The van der Waals surface area contributed by atoms with E-state index in [4.69, 9.17) is 9.84 Å². The van der Waals surface area contributed by atoms with E-state index in [0.717, 1.165) is 0 Å². The Kier molecular flexibility index (Phi) is 5.83. The van der Waals surface area contributed by atoms with Gasteiger partial charge >= 0.3 is 5.97 Å². The fourth-order valence-electron chi connectivity index (χ4n) is 2.95. The van der Waals surface area contributed by atoms with Gasteiger partial charge in [-0.2, -0.15) is 0 Å². The van der Waals surface area contributed by atoms with E-state index in [1.165, 1.54) is 4.90 Å². The Morgan fingerprint density at radius 3 is 2.41 bits per heavy atom. The summed E-state index contributed by atoms with van der Waals surface area (Å²) in [5.74, 6) is -1.45. The van der Waals surface area contributed by atoms with E-state index in [9.17, 15) is 14.4 Å². The minimum Gasteiger partial charge on any atom is -0.481 e. The van der Waals surface area contributed by atoms with Crippen LogP contribution in [0.25, 0.3) is 0 Å². The van der Waals surface area contributed by atoms with E-state index in [0.29, 0.717) is 30.0 Å². The fourth-order valence-corrected chi connectivity index (χ4v) is 2.95. The number of nitrogens with zero attached hydrogens (tertiary/aromatic N) is 1. The smallest absolute Gasteiger partial charge is 0.305 e. The maximum atomic E-state index is 12.7. The summed E-state index contributed by atoms with van der Waals surface area (Å²) >= 11 is 0. The van der Waals surface area contributed by atoms with Crippen LogP contribution in [-0.4, -0.2) is 53.6 Å². The van der Waals surface area contributed by atoms with Crippen molar-refractivity contribution in [3.8, 4) is 0 Å². The number of hydrogen-bond donors (Lipinski definition) is 2. The zero-order valence-corrected chi connectivity index (χ0v) is 14.6. The first-order chi connectivity index (χ1) is 13.0. The fraction of sp³-hybridized carbons (Fsp3) is 0.250. The van der Waals surface area contributed by atoms with Gasteiger partial charge in [-0.05, 0) is 36.4 Å². The summed E-state index contributed by atoms with van der Waals surface area (Å²) < 4.78 is 5.30. The third-order valence-corrected chi connectivity index (χ3v) is 4.32. The molecule has 1 unspecified atom stereocenters. The Hall–Kier alpha value is -3.19. The molecule has 2 amide bonds. The number of aliphatic carboxylic acids is 1. The monoisotopic (exact) mass is 368 g/mol. The van der Waals surface area contributed by atoms with Gasteiger partial charge in [-0.1, -0.05) is 18.2 Å². The lowest BCUT2D eigenvalue weighted by Gasteiger charge is -2.34. The number of carboxylic acid groups (broad SMARTS) is 1. The van der Waals surface area contributed by atoms with Gasteiger partial charge in [0.25, 0.3) is 11.8 Å². The number of morpholine rings is 1. The number of ether oxygens (including phenoxy) is 1. The van der Waals surface area contributed by atoms with Crippen molar-refractivity contribution in [2.75, 3.05) is 25.1 Å². The molecular weight excluding hydrogens is 348 g/mol. The summed E-state index contributed by atoms with van der Waals surface area (Å²) in [6.45, 7) is 0.944. The summed E-state index contributed by atoms with van der Waals surface area (Å²) in [5, 5.41) is 11.8. The van der Waals surface area contributed by atoms with Crippen LogP contribution in [0.3, 0.4) is 0 Å². The highest BCUT2D eigenvalue weighted by Crippen LogP contribution is 2.17. The van der Waals surface area contributed by atoms with Crippen LogP contribution in [0, 0.1) is 0 Å². The van der Waals surface area contributed by atoms with Gasteiger partial charge in [-0.15, -0.1) is 0 Å². The molecule has 27 heavy (non-hydrogen) atoms. The average molecular weight is 368 g/mol. The topological polar surface area (TPSA) is 95.9 Å². The summed E-state index contributed by atoms with van der Waals surface area (Å²) in [6.07, 6.45) is -0.156. The lowest BCUT2D eigenvalue weighted by atomic mass is 10.1. The van der Waals surface area contributed by atoms with Crippen LogP contribution in [-0.2, 0) is 9.53 Å². The van der Waals surface area contributed by atoms with Crippen LogP contribution in [0.2, 0.25) is 0 Å². The van der Waals surface area contributed by atoms with Gasteiger partial charge in [-0.25, -0.2) is 0 Å². The molecule has 0 aromatic heterocycles. The molecule has 0 saturated carbocycles. The maximum absolute atomic E-state index is 12.7. The lowest BCUT2D eigenvalue weighted by molar-refractivity contribution is -0.139. The van der Waals surface area contributed by atoms with E-state index in [1.54, 1.807) is 48.5 Å². The van der Waals surface area contributed by atoms with Crippen LogP contribution in [0.15, 0.2) is 54.6 Å². The van der Waals surface area contributed by atoms with Gasteiger partial charge in [0.1, 0.15) is 0 Å². The molecule has 1 atom stereocenters. The number of anilines is 1. The molecule has 1 aliphatic heterocycles. The number of hydrogen-bond acceptors (Lipinski definition) is 4. The number of benzene rings is 2. The van der Waals surface area contributed by atoms with Gasteiger partial charge in [-0.3, -0.25) is 14.4 Å². The van der Waals surface area contributed by atoms with E-state index in [2.05, 4.69) is 5.32 Å². The minimum atomic E-state index is -0.970. The molecule has 0 spiro atoms. The van der Waals surface area contributed by atoms with Crippen LogP contribution < -0.4 is 5.32 Å². The molecular formula is C20H20N2O5. The number of carbonyl (C=O) groups is 3. The van der Waals surface area contributed by atoms with Crippen molar-refractivity contribution in [3.63, 3.8) is 0 Å². The Morgan fingerprint density at radius 1 is 1.04 bits per heavy atom. The third-order valence-electron chi connectivity index (χ3n) is 4.32. The quantitative estimate of drug-likeness (QED) is 0.844. The van der Waals surface area contributed by atoms with Crippen molar-refractivity contribution in [3.05, 3.63) is 65.7 Å². The standard InChI is InChI=1S/C20H20N2O5/c23-18(24)12-17-13-27-11-10-22(17)20(26)15-6-8-16(9-7-15)21-19(25)14-4-2-1-3-5-14/h1-9,17H,10-13H2,(H,21,25)(H,23,24). The Bertz CT molecular complexity index is 820. The second kappa shape index (κ2) is 8.46. The molecule has 2 N–H and O–H groups in total. The van der Waals surface area contributed by atoms with Gasteiger partial charge in [0.2, 0.25) is 0 Å². The first-order valence-corrected chi connectivity index (χ1v) is 8.61. The molecule has 0 bridgehead atoms. The lowest BCUT2D eigenvalue weighted by Crippen LogP contribution is -2.49. The molecule has 0 radical (unpaired) electrons. The Morgan fingerprint density at radius 2 is 1.74 bits per heavy atom. The first kappa shape index (κ1) is 18.6. The summed E-state index contributed by atoms with van der Waals surface area (Å²) in [6, 6.07) is 14.9. The van der Waals surface area contributed by atoms with E-state index in [1.807, 2.05) is 6.07 Å². The highest BCUT2D eigenvalue weighted by atomic mass is 16.5. The first-order valence-electron chi connectivity index (χ1n) is 8.61. The SMILES string of the molecule is O=C(O)CC1COCCN1C(=O)c1ccc(NC(=O)c2ccccc2)cc1. The maximum Gasteiger partial charge on any atom is 0.305 e. The van der Waals surface area contributed by atoms with Crippen LogP contribution in [0.1, 0.15) is 27.1 Å². The van der Waals surface area contributed by atoms with Crippen molar-refractivity contribution in [1.29, 1.82) is 0 Å². The van der Waals surface area contributed by atoms with Gasteiger partial charge in [0.15, 0.2) is 0 Å². The summed E-state index contributed by atoms with van der Waals surface area (Å²) in [4.78, 5) is 37.4. The molecule has 1 saturated heterocycles. The van der Waals surface area contributed by atoms with Crippen LogP contribution in [0.5, 0.6) is 0 Å². The number of amides is 2. The van der Waals surface area contributed by atoms with Crippen LogP contribution >= 0.6 is 0 Å². The zero-order chi connectivity index (χ0) is 19.2. The van der Waals surface area contributed by atoms with Gasteiger partial charge in [0, 0.05) is 23.4 Å². The molecule has 7 heteroatoms. The Balaban J connectivity index is 1.68. The third kappa shape index (κ3) is 4.71. The van der Waals surface area contributed by atoms with Crippen molar-refractivity contribution in [2.24, 2.45) is 0 Å². The van der Waals surface area contributed by atoms with E-state index < -0.39 is 12.0 Å². The number of nitrogens with one attached hydrogen (secondary N) is 1. The van der Waals surface area contributed by atoms with E-state index in [-0.39, 0.29) is 24.8 Å². The summed E-state index contributed by atoms with van der Waals surface area (Å²) in [5.41, 5.74) is 1.55. The van der Waals surface area contributed by atoms with Gasteiger partial charge in [0.05, 0.1) is 25.7 Å². The minimum absolute atomic E-state index is 0.156. The highest BCUT2D eigenvalue weighted by molar-refractivity contribution is 6.04. The van der Waals surface area contributed by atoms with Crippen molar-refractivity contribution >= 4 is 23.5 Å². The molecule has 3 rings (SSSR count). The molecule has 1 fully saturated rings. The predicted octanol–water partition coefficient (Wildman–Crippen LogP) is 2.25. The number of rotatable bonds is 5. The largest absolute Gasteiger partial charge is 0.481 e. The average Bonchev–Trinajstić information content (AvgIpc) is 2.69. The molecule has 0 aliphatic carbocycles. The van der Waals surface area contributed by atoms with E-state index >= 15 is 0 Å². The molecule has 2 aromatic carbocycles. The molecule has 1 aliphatic rings. The molecule has 140 valence electrons. The zero-order valence-electron chi connectivity index (χ0n) is 14.6. The van der Waals surface area contributed by atoms with Crippen molar-refractivity contribution < 1.29 is 24.2 Å². The number of carbonyl (C=O) groups excluding carboxylic acids is 2. The molecule has 1 heterocycles. The van der Waals surface area contributed by atoms with Crippen molar-refractivity contribution in [1.82, 2.24) is 4.90 Å². The second-order valence-electron chi connectivity index (χ2n) is 6.22. The molecule has 7 nitrogen and oxygen atoms in total. The predicted molar refractivity (Wildman–Crippen MR) is 98.7 cm³/mol. The van der Waals surface area contributed by atoms with Gasteiger partial charge < -0.3 is 20.1 Å². The molecule has 2 aromatic rings. The normalized spacial score (nSPS) is 16.6.